The minimum absolute atomic E-state index is 0.0885. The first-order valence-electron chi connectivity index (χ1n) is 9.02. The molecule has 1 aromatic carbocycles. The van der Waals surface area contributed by atoms with E-state index in [1.165, 1.54) is 30.5 Å². The minimum atomic E-state index is 0.0885. The zero-order valence-corrected chi connectivity index (χ0v) is 15.9. The van der Waals surface area contributed by atoms with Gasteiger partial charge in [0, 0.05) is 42.0 Å². The van der Waals surface area contributed by atoms with E-state index in [1.54, 1.807) is 11.3 Å². The van der Waals surface area contributed by atoms with Crippen LogP contribution in [0.4, 0.5) is 5.13 Å². The van der Waals surface area contributed by atoms with E-state index in [1.807, 2.05) is 12.1 Å². The lowest BCUT2D eigenvalue weighted by molar-refractivity contribution is 0.0398. The Labute approximate surface area is 158 Å². The Hall–Kier alpha value is -1.14. The second-order valence-corrected chi connectivity index (χ2v) is 8.16. The minimum Gasteiger partial charge on any atom is -0.379 e. The van der Waals surface area contributed by atoms with Gasteiger partial charge in [0.2, 0.25) is 0 Å². The zero-order chi connectivity index (χ0) is 17.1. The largest absolute Gasteiger partial charge is 0.379 e. The summed E-state index contributed by atoms with van der Waals surface area (Å²) in [5.41, 5.74) is 2.64. The van der Waals surface area contributed by atoms with Crippen LogP contribution in [-0.4, -0.2) is 49.3 Å². The van der Waals surface area contributed by atoms with Crippen molar-refractivity contribution in [3.63, 3.8) is 0 Å². The van der Waals surface area contributed by atoms with Crippen molar-refractivity contribution in [2.45, 2.75) is 24.7 Å². The Balaban J connectivity index is 1.40. The van der Waals surface area contributed by atoms with Crippen LogP contribution >= 0.6 is 22.9 Å². The molecule has 0 atom stereocenters. The molecule has 2 fully saturated rings. The molecule has 1 saturated heterocycles. The molecule has 1 aliphatic heterocycles. The molecular formula is C19H24ClN3OS. The third-order valence-electron chi connectivity index (χ3n) is 5.41. The first-order valence-corrected chi connectivity index (χ1v) is 10.3. The molecule has 2 aromatic rings. The Bertz CT molecular complexity index is 693. The molecule has 134 valence electrons. The van der Waals surface area contributed by atoms with Crippen molar-refractivity contribution in [1.82, 2.24) is 9.88 Å². The summed E-state index contributed by atoms with van der Waals surface area (Å²) in [6.07, 6.45) is 3.61. The number of halogens is 1. The third-order valence-corrected chi connectivity index (χ3v) is 6.46. The molecule has 1 aliphatic carbocycles. The zero-order valence-electron chi connectivity index (χ0n) is 14.3. The molecule has 0 radical (unpaired) electrons. The second kappa shape index (κ2) is 7.62. The topological polar surface area (TPSA) is 37.4 Å². The number of hydrogen-bond acceptors (Lipinski definition) is 5. The van der Waals surface area contributed by atoms with Crippen LogP contribution in [0.2, 0.25) is 5.02 Å². The average Bonchev–Trinajstić information content (AvgIpc) is 3.06. The van der Waals surface area contributed by atoms with E-state index >= 15 is 0 Å². The summed E-state index contributed by atoms with van der Waals surface area (Å²) in [5, 5.41) is 7.55. The number of nitrogens with one attached hydrogen (secondary N) is 1. The van der Waals surface area contributed by atoms with Crippen LogP contribution < -0.4 is 5.32 Å². The number of morpholine rings is 1. The number of hydrogen-bond donors (Lipinski definition) is 1. The van der Waals surface area contributed by atoms with E-state index in [0.717, 1.165) is 49.5 Å². The third kappa shape index (κ3) is 3.70. The molecule has 1 aromatic heterocycles. The molecule has 6 heteroatoms. The fourth-order valence-corrected chi connectivity index (χ4v) is 4.68. The van der Waals surface area contributed by atoms with Gasteiger partial charge in [-0.2, -0.15) is 0 Å². The van der Waals surface area contributed by atoms with Crippen molar-refractivity contribution in [3.8, 4) is 0 Å². The summed E-state index contributed by atoms with van der Waals surface area (Å²) in [6, 6.07) is 8.30. The molecule has 0 unspecified atom stereocenters. The monoisotopic (exact) mass is 377 g/mol. The highest BCUT2D eigenvalue weighted by atomic mass is 35.5. The number of anilines is 1. The highest BCUT2D eigenvalue weighted by molar-refractivity contribution is 7.13. The molecule has 1 saturated carbocycles. The van der Waals surface area contributed by atoms with Crippen LogP contribution in [0.25, 0.3) is 0 Å². The van der Waals surface area contributed by atoms with Crippen molar-refractivity contribution in [2.24, 2.45) is 0 Å². The molecule has 4 nitrogen and oxygen atoms in total. The maximum Gasteiger partial charge on any atom is 0.182 e. The first-order chi connectivity index (χ1) is 12.3. The SMILES string of the molecule is Clc1ccc(C2(c3csc(NCCN4CCOCC4)n3)CCC2)cc1. The summed E-state index contributed by atoms with van der Waals surface area (Å²) in [4.78, 5) is 7.35. The van der Waals surface area contributed by atoms with Gasteiger partial charge < -0.3 is 10.1 Å². The van der Waals surface area contributed by atoms with Gasteiger partial charge in [-0.25, -0.2) is 4.98 Å². The summed E-state index contributed by atoms with van der Waals surface area (Å²) in [7, 11) is 0. The average molecular weight is 378 g/mol. The Morgan fingerprint density at radius 1 is 1.20 bits per heavy atom. The van der Waals surface area contributed by atoms with Gasteiger partial charge in [-0.3, -0.25) is 4.90 Å². The Morgan fingerprint density at radius 3 is 2.64 bits per heavy atom. The van der Waals surface area contributed by atoms with Gasteiger partial charge in [-0.15, -0.1) is 11.3 Å². The van der Waals surface area contributed by atoms with Crippen molar-refractivity contribution in [3.05, 3.63) is 45.9 Å². The molecule has 1 N–H and O–H groups in total. The van der Waals surface area contributed by atoms with Crippen molar-refractivity contribution < 1.29 is 4.74 Å². The number of benzene rings is 1. The molecular weight excluding hydrogens is 354 g/mol. The van der Waals surface area contributed by atoms with E-state index in [0.29, 0.717) is 0 Å². The second-order valence-electron chi connectivity index (χ2n) is 6.86. The van der Waals surface area contributed by atoms with Crippen LogP contribution in [0.15, 0.2) is 29.6 Å². The quantitative estimate of drug-likeness (QED) is 0.825. The van der Waals surface area contributed by atoms with E-state index < -0.39 is 0 Å². The van der Waals surface area contributed by atoms with Gasteiger partial charge in [-0.05, 0) is 30.5 Å². The van der Waals surface area contributed by atoms with E-state index in [9.17, 15) is 0 Å². The van der Waals surface area contributed by atoms with Crippen LogP contribution in [0.1, 0.15) is 30.5 Å². The number of aromatic nitrogens is 1. The number of rotatable bonds is 6. The number of ether oxygens (including phenoxy) is 1. The fourth-order valence-electron chi connectivity index (χ4n) is 3.71. The summed E-state index contributed by atoms with van der Waals surface area (Å²) in [6.45, 7) is 5.74. The van der Waals surface area contributed by atoms with Gasteiger partial charge in [0.05, 0.1) is 18.9 Å². The maximum atomic E-state index is 6.06. The molecule has 25 heavy (non-hydrogen) atoms. The van der Waals surface area contributed by atoms with Gasteiger partial charge in [0.15, 0.2) is 5.13 Å². The lowest BCUT2D eigenvalue weighted by Crippen LogP contribution is -2.39. The maximum absolute atomic E-state index is 6.06. The highest BCUT2D eigenvalue weighted by Gasteiger charge is 2.42. The Morgan fingerprint density at radius 2 is 1.96 bits per heavy atom. The molecule has 4 rings (SSSR count). The summed E-state index contributed by atoms with van der Waals surface area (Å²) >= 11 is 7.78. The highest BCUT2D eigenvalue weighted by Crippen LogP contribution is 2.49. The lowest BCUT2D eigenvalue weighted by atomic mass is 9.63. The van der Waals surface area contributed by atoms with Crippen LogP contribution in [0, 0.1) is 0 Å². The van der Waals surface area contributed by atoms with Crippen molar-refractivity contribution in [2.75, 3.05) is 44.7 Å². The lowest BCUT2D eigenvalue weighted by Gasteiger charge is -2.41. The summed E-state index contributed by atoms with van der Waals surface area (Å²) < 4.78 is 5.39. The summed E-state index contributed by atoms with van der Waals surface area (Å²) in [5.74, 6) is 0. The standard InChI is InChI=1S/C19H24ClN3OS/c20-16-4-2-15(3-5-16)19(6-1-7-19)17-14-25-18(22-17)21-8-9-23-10-12-24-13-11-23/h2-5,14H,1,6-13H2,(H,21,22). The van der Waals surface area contributed by atoms with Crippen molar-refractivity contribution in [1.29, 1.82) is 0 Å². The van der Waals surface area contributed by atoms with Gasteiger partial charge in [0.1, 0.15) is 0 Å². The Kier molecular flexibility index (Phi) is 5.27. The van der Waals surface area contributed by atoms with E-state index in [2.05, 4.69) is 27.7 Å². The first kappa shape index (κ1) is 17.3. The number of thiazole rings is 1. The molecule has 2 aliphatic rings. The van der Waals surface area contributed by atoms with E-state index in [4.69, 9.17) is 21.3 Å². The molecule has 0 spiro atoms. The predicted octanol–water partition coefficient (Wildman–Crippen LogP) is 4.01. The van der Waals surface area contributed by atoms with Gasteiger partial charge >= 0.3 is 0 Å². The van der Waals surface area contributed by atoms with Crippen molar-refractivity contribution >= 4 is 28.1 Å². The van der Waals surface area contributed by atoms with Crippen LogP contribution in [0.3, 0.4) is 0 Å². The normalized spacial score (nSPS) is 20.2. The number of nitrogens with zero attached hydrogens (tertiary/aromatic N) is 2. The fraction of sp³-hybridized carbons (Fsp3) is 0.526. The predicted molar refractivity (Wildman–Crippen MR) is 104 cm³/mol. The van der Waals surface area contributed by atoms with Crippen LogP contribution in [0.5, 0.6) is 0 Å². The molecule has 0 bridgehead atoms. The van der Waals surface area contributed by atoms with E-state index in [-0.39, 0.29) is 5.41 Å². The van der Waals surface area contributed by atoms with Gasteiger partial charge in [0.25, 0.3) is 0 Å². The molecule has 0 amide bonds. The van der Waals surface area contributed by atoms with Gasteiger partial charge in [-0.1, -0.05) is 30.2 Å². The molecule has 2 heterocycles. The smallest absolute Gasteiger partial charge is 0.182 e. The van der Waals surface area contributed by atoms with Crippen LogP contribution in [-0.2, 0) is 10.2 Å².